The Kier molecular flexibility index (Phi) is 7.02. The summed E-state index contributed by atoms with van der Waals surface area (Å²) in [6, 6.07) is 7.48. The highest BCUT2D eigenvalue weighted by molar-refractivity contribution is 5.93. The molecule has 1 saturated carbocycles. The summed E-state index contributed by atoms with van der Waals surface area (Å²) in [4.78, 5) is 48.9. The van der Waals surface area contributed by atoms with Crippen LogP contribution in [0.25, 0.3) is 0 Å². The zero-order chi connectivity index (χ0) is 21.7. The lowest BCUT2D eigenvalue weighted by Crippen LogP contribution is -2.28. The molecule has 9 heteroatoms. The van der Waals surface area contributed by atoms with Gasteiger partial charge in [-0.2, -0.15) is 0 Å². The summed E-state index contributed by atoms with van der Waals surface area (Å²) in [5, 5.41) is 13.5. The molecular weight excluding hydrogens is 390 g/mol. The molecule has 1 N–H and O–H groups in total. The third kappa shape index (κ3) is 5.55. The van der Waals surface area contributed by atoms with E-state index in [1.54, 1.807) is 19.1 Å². The van der Waals surface area contributed by atoms with Crippen LogP contribution in [-0.2, 0) is 19.1 Å². The Balaban J connectivity index is 1.45. The average Bonchev–Trinajstić information content (AvgIpc) is 3.31. The molecule has 9 nitrogen and oxygen atoms in total. The normalized spacial score (nSPS) is 23.4. The molecule has 162 valence electrons. The smallest absolute Gasteiger partial charge is 0.307 e. The van der Waals surface area contributed by atoms with Crippen LogP contribution in [0.5, 0.6) is 0 Å². The number of anilines is 2. The number of amides is 1. The van der Waals surface area contributed by atoms with Crippen molar-refractivity contribution >= 4 is 29.0 Å². The third-order valence-corrected chi connectivity index (χ3v) is 5.92. The molecule has 3 atom stereocenters. The molecule has 1 aliphatic carbocycles. The van der Waals surface area contributed by atoms with Crippen molar-refractivity contribution in [3.05, 3.63) is 34.4 Å². The number of ether oxygens (including phenoxy) is 1. The second-order valence-electron chi connectivity index (χ2n) is 8.09. The van der Waals surface area contributed by atoms with E-state index in [1.165, 1.54) is 12.8 Å². The largest absolute Gasteiger partial charge is 0.456 e. The standard InChI is InChI=1S/C21H27N3O6/c1-14-10-19(25)17(18(14)12-24(28)29)11-21(27)30-13-20(26)22-15-4-6-16(7-5-15)23-8-2-3-9-23/h4-7,14,17-18H,2-3,8-13H2,1H3,(H,22,26)/t14-,17-,18+/m0/s1. The summed E-state index contributed by atoms with van der Waals surface area (Å²) in [6.45, 7) is 3.03. The zero-order valence-electron chi connectivity index (χ0n) is 17.0. The molecule has 3 rings (SSSR count). The van der Waals surface area contributed by atoms with Crippen LogP contribution >= 0.6 is 0 Å². The van der Waals surface area contributed by atoms with E-state index in [0.717, 1.165) is 18.8 Å². The van der Waals surface area contributed by atoms with Gasteiger partial charge in [0.15, 0.2) is 6.61 Å². The summed E-state index contributed by atoms with van der Waals surface area (Å²) in [5.74, 6) is -2.69. The van der Waals surface area contributed by atoms with Gasteiger partial charge >= 0.3 is 5.97 Å². The van der Waals surface area contributed by atoms with E-state index < -0.39 is 35.2 Å². The van der Waals surface area contributed by atoms with Gasteiger partial charge in [-0.3, -0.25) is 24.5 Å². The maximum absolute atomic E-state index is 12.1. The minimum absolute atomic E-state index is 0.146. The number of carbonyl (C=O) groups excluding carboxylic acids is 3. The fourth-order valence-corrected chi connectivity index (χ4v) is 4.31. The van der Waals surface area contributed by atoms with Crippen molar-refractivity contribution in [1.82, 2.24) is 0 Å². The molecule has 0 spiro atoms. The molecule has 1 heterocycles. The second kappa shape index (κ2) is 9.69. The summed E-state index contributed by atoms with van der Waals surface area (Å²) in [5.41, 5.74) is 1.71. The summed E-state index contributed by atoms with van der Waals surface area (Å²) in [7, 11) is 0. The van der Waals surface area contributed by atoms with Gasteiger partial charge in [0.05, 0.1) is 6.42 Å². The molecule has 1 aromatic carbocycles. The van der Waals surface area contributed by atoms with E-state index >= 15 is 0 Å². The molecule has 1 aliphatic heterocycles. The highest BCUT2D eigenvalue weighted by atomic mass is 16.6. The molecule has 1 aromatic rings. The molecule has 2 aliphatic rings. The molecule has 1 saturated heterocycles. The van der Waals surface area contributed by atoms with Crippen LogP contribution in [0.15, 0.2) is 24.3 Å². The summed E-state index contributed by atoms with van der Waals surface area (Å²) >= 11 is 0. The summed E-state index contributed by atoms with van der Waals surface area (Å²) in [6.07, 6.45) is 2.36. The van der Waals surface area contributed by atoms with Crippen LogP contribution < -0.4 is 10.2 Å². The van der Waals surface area contributed by atoms with Crippen LogP contribution in [0, 0.1) is 27.9 Å². The van der Waals surface area contributed by atoms with E-state index in [0.29, 0.717) is 5.69 Å². The monoisotopic (exact) mass is 417 g/mol. The Morgan fingerprint density at radius 2 is 1.90 bits per heavy atom. The van der Waals surface area contributed by atoms with Gasteiger partial charge in [0, 0.05) is 47.6 Å². The Labute approximate surface area is 174 Å². The second-order valence-corrected chi connectivity index (χ2v) is 8.09. The highest BCUT2D eigenvalue weighted by Gasteiger charge is 2.44. The average molecular weight is 417 g/mol. The van der Waals surface area contributed by atoms with Gasteiger partial charge in [-0.1, -0.05) is 6.92 Å². The maximum Gasteiger partial charge on any atom is 0.307 e. The molecule has 0 radical (unpaired) electrons. The van der Waals surface area contributed by atoms with Crippen LogP contribution in [0.2, 0.25) is 0 Å². The van der Waals surface area contributed by atoms with Crippen molar-refractivity contribution in [2.75, 3.05) is 36.5 Å². The first kappa shape index (κ1) is 21.7. The van der Waals surface area contributed by atoms with E-state index in [1.807, 2.05) is 12.1 Å². The van der Waals surface area contributed by atoms with Gasteiger partial charge in [-0.15, -0.1) is 0 Å². The van der Waals surface area contributed by atoms with Crippen LogP contribution in [-0.4, -0.2) is 48.8 Å². The van der Waals surface area contributed by atoms with Gasteiger partial charge in [0.2, 0.25) is 6.54 Å². The Bertz CT molecular complexity index is 803. The number of nitrogens with one attached hydrogen (secondary N) is 1. The predicted octanol–water partition coefficient (Wildman–Crippen LogP) is 2.28. The maximum atomic E-state index is 12.1. The van der Waals surface area contributed by atoms with Crippen LogP contribution in [0.4, 0.5) is 11.4 Å². The molecule has 0 bridgehead atoms. The third-order valence-electron chi connectivity index (χ3n) is 5.92. The first-order chi connectivity index (χ1) is 14.3. The Morgan fingerprint density at radius 3 is 2.53 bits per heavy atom. The number of esters is 1. The minimum Gasteiger partial charge on any atom is -0.456 e. The first-order valence-corrected chi connectivity index (χ1v) is 10.3. The number of rotatable bonds is 8. The van der Waals surface area contributed by atoms with Crippen LogP contribution in [0.3, 0.4) is 0 Å². The quantitative estimate of drug-likeness (QED) is 0.391. The van der Waals surface area contributed by atoms with Crippen molar-refractivity contribution in [2.24, 2.45) is 17.8 Å². The van der Waals surface area contributed by atoms with E-state index in [4.69, 9.17) is 4.74 Å². The Morgan fingerprint density at radius 1 is 1.23 bits per heavy atom. The van der Waals surface area contributed by atoms with Gasteiger partial charge in [-0.25, -0.2) is 0 Å². The van der Waals surface area contributed by atoms with Crippen molar-refractivity contribution in [1.29, 1.82) is 0 Å². The van der Waals surface area contributed by atoms with Crippen molar-refractivity contribution < 1.29 is 24.0 Å². The lowest BCUT2D eigenvalue weighted by atomic mass is 9.88. The van der Waals surface area contributed by atoms with Crippen molar-refractivity contribution in [2.45, 2.75) is 32.6 Å². The number of nitro groups is 1. The lowest BCUT2D eigenvalue weighted by molar-refractivity contribution is -0.490. The number of Topliss-reactive ketones (excluding diaryl/α,β-unsaturated/α-hetero) is 1. The molecule has 1 amide bonds. The van der Waals surface area contributed by atoms with Crippen molar-refractivity contribution in [3.8, 4) is 0 Å². The number of nitrogens with zero attached hydrogens (tertiary/aromatic N) is 2. The SMILES string of the molecule is C[C@H]1CC(=O)[C@@H](CC(=O)OCC(=O)Nc2ccc(N3CCCC3)cc2)[C@@H]1C[N+](=O)[O-]. The number of hydrogen-bond acceptors (Lipinski definition) is 7. The van der Waals surface area contributed by atoms with Gasteiger partial charge in [0.1, 0.15) is 5.78 Å². The lowest BCUT2D eigenvalue weighted by Gasteiger charge is -2.18. The number of carbonyl (C=O) groups is 3. The number of hydrogen-bond donors (Lipinski definition) is 1. The van der Waals surface area contributed by atoms with Gasteiger partial charge in [-0.05, 0) is 43.0 Å². The topological polar surface area (TPSA) is 119 Å². The Hall–Kier alpha value is -2.97. The number of benzene rings is 1. The summed E-state index contributed by atoms with van der Waals surface area (Å²) < 4.78 is 5.00. The van der Waals surface area contributed by atoms with E-state index in [-0.39, 0.29) is 31.1 Å². The van der Waals surface area contributed by atoms with E-state index in [9.17, 15) is 24.5 Å². The fourth-order valence-electron chi connectivity index (χ4n) is 4.31. The van der Waals surface area contributed by atoms with Crippen LogP contribution in [0.1, 0.15) is 32.6 Å². The van der Waals surface area contributed by atoms with Gasteiger partial charge < -0.3 is 15.0 Å². The molecular formula is C21H27N3O6. The first-order valence-electron chi connectivity index (χ1n) is 10.3. The molecule has 0 unspecified atom stereocenters. The fraction of sp³-hybridized carbons (Fsp3) is 0.571. The predicted molar refractivity (Wildman–Crippen MR) is 110 cm³/mol. The van der Waals surface area contributed by atoms with E-state index in [2.05, 4.69) is 10.2 Å². The van der Waals surface area contributed by atoms with Gasteiger partial charge in [0.25, 0.3) is 5.91 Å². The van der Waals surface area contributed by atoms with Crippen molar-refractivity contribution in [3.63, 3.8) is 0 Å². The number of ketones is 1. The molecule has 2 fully saturated rings. The molecule has 0 aromatic heterocycles. The molecule has 30 heavy (non-hydrogen) atoms. The minimum atomic E-state index is -0.723. The zero-order valence-corrected chi connectivity index (χ0v) is 17.0. The highest BCUT2D eigenvalue weighted by Crippen LogP contribution is 2.36.